The van der Waals surface area contributed by atoms with Crippen LogP contribution in [-0.2, 0) is 4.84 Å². The molecule has 1 aromatic carbocycles. The molecule has 8 N–H and O–H groups in total. The molecule has 0 heterocycles. The molecule has 0 bridgehead atoms. The van der Waals surface area contributed by atoms with Crippen molar-refractivity contribution in [3.63, 3.8) is 0 Å². The molecule has 1 amide bonds. The first-order valence-electron chi connectivity index (χ1n) is 6.73. The van der Waals surface area contributed by atoms with Crippen molar-refractivity contribution < 1.29 is 29.6 Å². The topological polar surface area (TPSA) is 186 Å². The van der Waals surface area contributed by atoms with Crippen LogP contribution in [0.25, 0.3) is 0 Å². The van der Waals surface area contributed by atoms with Gasteiger partial charge in [0, 0.05) is 6.54 Å². The van der Waals surface area contributed by atoms with E-state index >= 15 is 0 Å². The van der Waals surface area contributed by atoms with Crippen molar-refractivity contribution in [2.24, 2.45) is 20.9 Å². The van der Waals surface area contributed by atoms with E-state index in [2.05, 4.69) is 41.2 Å². The average molecular weight is 436 g/mol. The van der Waals surface area contributed by atoms with E-state index in [-0.39, 0.29) is 34.9 Å². The third kappa shape index (κ3) is 6.60. The van der Waals surface area contributed by atoms with Crippen molar-refractivity contribution in [2.75, 3.05) is 13.1 Å². The van der Waals surface area contributed by atoms with Gasteiger partial charge in [0.1, 0.15) is 5.82 Å². The number of hydrogen-bond donors (Lipinski definition) is 7. The number of amidine groups is 2. The number of amides is 1. The molecule has 0 fully saturated rings. The molecule has 0 unspecified atom stereocenters. The van der Waals surface area contributed by atoms with Gasteiger partial charge in [-0.05, 0) is 39.8 Å². The van der Waals surface area contributed by atoms with Gasteiger partial charge in [0.2, 0.25) is 0 Å². The lowest BCUT2D eigenvalue weighted by Crippen LogP contribution is -2.39. The predicted octanol–water partition coefficient (Wildman–Crippen LogP) is 0.404. The molecule has 14 heteroatoms. The molecular formula is C12H15BrFN7O5. The fraction of sp³-hybridized carbons (Fsp3) is 0.167. The number of carbonyl (C=O) groups excluding carboxylic acids is 1. The van der Waals surface area contributed by atoms with Crippen LogP contribution in [0.3, 0.4) is 0 Å². The highest BCUT2D eigenvalue weighted by Crippen LogP contribution is 2.22. The summed E-state index contributed by atoms with van der Waals surface area (Å²) in [5.41, 5.74) is 8.37. The van der Waals surface area contributed by atoms with E-state index in [1.165, 1.54) is 17.8 Å². The van der Waals surface area contributed by atoms with Crippen LogP contribution >= 0.6 is 15.9 Å². The molecule has 1 rings (SSSR count). The molecule has 0 radical (unpaired) electrons. The predicted molar refractivity (Wildman–Crippen MR) is 91.2 cm³/mol. The van der Waals surface area contributed by atoms with E-state index in [0.717, 1.165) is 6.07 Å². The summed E-state index contributed by atoms with van der Waals surface area (Å²) in [6.45, 7) is -0.0734. The molecular weight excluding hydrogens is 421 g/mol. The van der Waals surface area contributed by atoms with Crippen molar-refractivity contribution in [3.8, 4) is 0 Å². The van der Waals surface area contributed by atoms with Crippen molar-refractivity contribution >= 4 is 45.1 Å². The van der Waals surface area contributed by atoms with Gasteiger partial charge >= 0.3 is 6.09 Å². The van der Waals surface area contributed by atoms with E-state index in [9.17, 15) is 14.4 Å². The first-order chi connectivity index (χ1) is 12.4. The molecule has 12 nitrogen and oxygen atoms in total. The Labute approximate surface area is 154 Å². The van der Waals surface area contributed by atoms with Gasteiger partial charge in [-0.15, -0.1) is 0 Å². The lowest BCUT2D eigenvalue weighted by Gasteiger charge is -2.07. The van der Waals surface area contributed by atoms with E-state index < -0.39 is 17.6 Å². The highest BCUT2D eigenvalue weighted by Gasteiger charge is 2.15. The van der Waals surface area contributed by atoms with Crippen molar-refractivity contribution in [2.45, 2.75) is 0 Å². The largest absolute Gasteiger partial charge is 0.428 e. The molecule has 26 heavy (non-hydrogen) atoms. The Hall–Kier alpha value is -2.81. The minimum atomic E-state index is -0.960. The summed E-state index contributed by atoms with van der Waals surface area (Å²) >= 11 is 2.99. The van der Waals surface area contributed by atoms with Crippen molar-refractivity contribution in [3.05, 3.63) is 28.5 Å². The van der Waals surface area contributed by atoms with E-state index in [1.807, 2.05) is 0 Å². The molecule has 0 saturated carbocycles. The number of hydrogen-bond acceptors (Lipinski definition) is 9. The average Bonchev–Trinajstić information content (AvgIpc) is 2.61. The first kappa shape index (κ1) is 21.2. The zero-order valence-electron chi connectivity index (χ0n) is 13.0. The van der Waals surface area contributed by atoms with Crippen LogP contribution in [-0.4, -0.2) is 52.2 Å². The normalized spacial score (nSPS) is 12.7. The molecule has 1 aromatic rings. The lowest BCUT2D eigenvalue weighted by atomic mass is 10.3. The van der Waals surface area contributed by atoms with Crippen LogP contribution in [0, 0.1) is 5.82 Å². The number of nitrogens with two attached hydrogens (primary N) is 1. The molecule has 0 aromatic heterocycles. The number of halogens is 2. The molecule has 142 valence electrons. The van der Waals surface area contributed by atoms with Gasteiger partial charge in [-0.1, -0.05) is 5.16 Å². The molecule has 0 aliphatic heterocycles. The van der Waals surface area contributed by atoms with Gasteiger partial charge in [0.05, 0.1) is 16.7 Å². The Morgan fingerprint density at radius 1 is 1.38 bits per heavy atom. The van der Waals surface area contributed by atoms with Crippen molar-refractivity contribution in [1.82, 2.24) is 16.4 Å². The summed E-state index contributed by atoms with van der Waals surface area (Å²) in [6, 6.07) is 3.77. The number of nitrogens with one attached hydrogen (secondary N) is 3. The summed E-state index contributed by atoms with van der Waals surface area (Å²) in [6.07, 6.45) is -0.960. The molecule has 0 aliphatic rings. The third-order valence-corrected chi connectivity index (χ3v) is 3.23. The quantitative estimate of drug-likeness (QED) is 0.105. The van der Waals surface area contributed by atoms with E-state index in [1.54, 1.807) is 5.48 Å². The SMILES string of the molecule is NC(=NCCNC(=O)ONO)/C(=N\O)C(=Nc1ccc(F)c(Br)c1)NO. The lowest BCUT2D eigenvalue weighted by molar-refractivity contribution is -0.0772. The van der Waals surface area contributed by atoms with E-state index in [4.69, 9.17) is 16.1 Å². The van der Waals surface area contributed by atoms with Crippen LogP contribution in [0.4, 0.5) is 14.9 Å². The molecule has 0 atom stereocenters. The smallest absolute Gasteiger partial charge is 0.410 e. The summed E-state index contributed by atoms with van der Waals surface area (Å²) in [7, 11) is 0. The molecule has 0 saturated heterocycles. The Kier molecular flexibility index (Phi) is 8.93. The maximum absolute atomic E-state index is 13.2. The first-order valence-corrected chi connectivity index (χ1v) is 7.52. The molecule has 0 aliphatic carbocycles. The number of carbonyl (C=O) groups is 1. The fourth-order valence-corrected chi connectivity index (χ4v) is 1.89. The zero-order valence-corrected chi connectivity index (χ0v) is 14.6. The van der Waals surface area contributed by atoms with Gasteiger partial charge in [-0.2, -0.15) is 0 Å². The van der Waals surface area contributed by atoms with Gasteiger partial charge in [-0.3, -0.25) is 20.9 Å². The minimum absolute atomic E-state index is 0.0239. The second-order valence-corrected chi connectivity index (χ2v) is 5.15. The van der Waals surface area contributed by atoms with Gasteiger partial charge in [-0.25, -0.2) is 14.2 Å². The van der Waals surface area contributed by atoms with Gasteiger partial charge in [0.15, 0.2) is 17.4 Å². The third-order valence-electron chi connectivity index (χ3n) is 2.62. The Morgan fingerprint density at radius 2 is 2.12 bits per heavy atom. The highest BCUT2D eigenvalue weighted by atomic mass is 79.9. The molecule has 0 spiro atoms. The standard InChI is InChI=1S/C12H15BrFN7O5/c13-7-5-6(1-2-8(7)14)18-11(20-24)9(19-23)10(15)16-3-4-17-12(22)26-21-25/h1-2,5,21,23-25H,3-4H2,(H2,15,16)(H,17,22)(H,18,20)/b19-9+. The van der Waals surface area contributed by atoms with Crippen LogP contribution in [0.5, 0.6) is 0 Å². The van der Waals surface area contributed by atoms with Crippen LogP contribution < -0.4 is 22.2 Å². The van der Waals surface area contributed by atoms with Crippen LogP contribution in [0.15, 0.2) is 37.8 Å². The minimum Gasteiger partial charge on any atom is -0.410 e. The number of oxime groups is 1. The maximum Gasteiger partial charge on any atom is 0.428 e. The second kappa shape index (κ2) is 10.9. The Balaban J connectivity index is 2.85. The monoisotopic (exact) mass is 435 g/mol. The van der Waals surface area contributed by atoms with Gasteiger partial charge in [0.25, 0.3) is 0 Å². The summed E-state index contributed by atoms with van der Waals surface area (Å²) < 4.78 is 13.4. The van der Waals surface area contributed by atoms with Gasteiger partial charge < -0.3 is 21.1 Å². The fourth-order valence-electron chi connectivity index (χ4n) is 1.52. The Morgan fingerprint density at radius 3 is 2.69 bits per heavy atom. The summed E-state index contributed by atoms with van der Waals surface area (Å²) in [5.74, 6) is -1.18. The number of nitrogens with zero attached hydrogens (tertiary/aromatic N) is 3. The number of hydroxylamine groups is 1. The van der Waals surface area contributed by atoms with E-state index in [0.29, 0.717) is 0 Å². The maximum atomic E-state index is 13.2. The van der Waals surface area contributed by atoms with Crippen molar-refractivity contribution in [1.29, 1.82) is 0 Å². The van der Waals surface area contributed by atoms with Crippen LogP contribution in [0.2, 0.25) is 0 Å². The summed E-state index contributed by atoms with van der Waals surface area (Å²) in [4.78, 5) is 22.6. The highest BCUT2D eigenvalue weighted by molar-refractivity contribution is 9.10. The summed E-state index contributed by atoms with van der Waals surface area (Å²) in [5, 5.41) is 31.5. The second-order valence-electron chi connectivity index (χ2n) is 4.29. The number of aliphatic imine (C=N–C) groups is 2. The number of benzene rings is 1. The van der Waals surface area contributed by atoms with Crippen LogP contribution in [0.1, 0.15) is 0 Å². The Bertz CT molecular complexity index is 728. The number of rotatable bonds is 7. The zero-order chi connectivity index (χ0) is 19.5.